The van der Waals surface area contributed by atoms with Crippen molar-refractivity contribution in [2.45, 2.75) is 6.92 Å². The average Bonchev–Trinajstić information content (AvgIpc) is 2.62. The maximum atomic E-state index is 4.37. The molecule has 0 radical (unpaired) electrons. The number of allylic oxidation sites excluding steroid dienone is 7. The van der Waals surface area contributed by atoms with Crippen LogP contribution in [-0.4, -0.2) is 0 Å². The van der Waals surface area contributed by atoms with Crippen LogP contribution in [0.5, 0.6) is 0 Å². The maximum absolute atomic E-state index is 4.37. The summed E-state index contributed by atoms with van der Waals surface area (Å²) in [7, 11) is 0. The fourth-order valence-corrected chi connectivity index (χ4v) is 3.31. The van der Waals surface area contributed by atoms with E-state index in [-0.39, 0.29) is 5.92 Å². The Bertz CT molecular complexity index is 792. The van der Waals surface area contributed by atoms with Gasteiger partial charge in [0.1, 0.15) is 0 Å². The zero-order valence-corrected chi connectivity index (χ0v) is 14.8. The fraction of sp³-hybridized carbons (Fsp3) is 0.0909. The first-order valence-electron chi connectivity index (χ1n) is 7.72. The highest BCUT2D eigenvalue weighted by atomic mass is 79.9. The minimum atomic E-state index is 0.193. The van der Waals surface area contributed by atoms with E-state index in [0.717, 1.165) is 10.1 Å². The normalized spacial score (nSPS) is 19.2. The molecule has 1 aliphatic carbocycles. The highest BCUT2D eigenvalue weighted by molar-refractivity contribution is 9.11. The van der Waals surface area contributed by atoms with E-state index in [9.17, 15) is 0 Å². The quantitative estimate of drug-likeness (QED) is 0.574. The molecule has 0 nitrogen and oxygen atoms in total. The number of hydrogen-bond donors (Lipinski definition) is 0. The first kappa shape index (κ1) is 15.8. The summed E-state index contributed by atoms with van der Waals surface area (Å²) in [6, 6.07) is 20.9. The third-order valence-corrected chi connectivity index (χ3v) is 4.73. The van der Waals surface area contributed by atoms with Crippen molar-refractivity contribution in [3.8, 4) is 0 Å². The molecule has 0 spiro atoms. The lowest BCUT2D eigenvalue weighted by Crippen LogP contribution is -2.07. The van der Waals surface area contributed by atoms with E-state index >= 15 is 0 Å². The summed E-state index contributed by atoms with van der Waals surface area (Å²) in [6.07, 6.45) is 6.54. The van der Waals surface area contributed by atoms with Crippen LogP contribution in [-0.2, 0) is 0 Å². The molecule has 0 bridgehead atoms. The summed E-state index contributed by atoms with van der Waals surface area (Å²) in [6.45, 7) is 6.56. The zero-order valence-electron chi connectivity index (χ0n) is 13.2. The number of hydrogen-bond acceptors (Lipinski definition) is 0. The van der Waals surface area contributed by atoms with Crippen molar-refractivity contribution in [3.05, 3.63) is 107 Å². The summed E-state index contributed by atoms with van der Waals surface area (Å²) in [5, 5.41) is 0. The molecule has 1 unspecified atom stereocenters. The molecule has 23 heavy (non-hydrogen) atoms. The van der Waals surface area contributed by atoms with Gasteiger partial charge in [0, 0.05) is 10.4 Å². The Kier molecular flexibility index (Phi) is 4.78. The Morgan fingerprint density at radius 3 is 2.09 bits per heavy atom. The Hall–Kier alpha value is -2.12. The molecule has 0 saturated heterocycles. The molecule has 1 aliphatic rings. The van der Waals surface area contributed by atoms with Gasteiger partial charge in [0.2, 0.25) is 0 Å². The Labute approximate surface area is 146 Å². The van der Waals surface area contributed by atoms with Gasteiger partial charge in [-0.25, -0.2) is 0 Å². The minimum absolute atomic E-state index is 0.193. The molecule has 1 heteroatoms. The van der Waals surface area contributed by atoms with E-state index < -0.39 is 0 Å². The molecule has 0 N–H and O–H groups in total. The zero-order chi connectivity index (χ0) is 16.2. The van der Waals surface area contributed by atoms with E-state index in [1.54, 1.807) is 0 Å². The molecule has 2 aromatic carbocycles. The first-order valence-corrected chi connectivity index (χ1v) is 8.52. The highest BCUT2D eigenvalue weighted by Crippen LogP contribution is 2.38. The standard InChI is InChI=1S/C22H19Br/c1-16(18-9-5-3-6-10-18)21-14-13-20(23)15-22(21)17(2)19-11-7-4-8-12-19/h3-15,21H,1H2,2H3/b22-17+. The molecule has 0 aliphatic heterocycles. The van der Waals surface area contributed by atoms with Gasteiger partial charge in [-0.15, -0.1) is 0 Å². The average molecular weight is 363 g/mol. The Morgan fingerprint density at radius 1 is 0.913 bits per heavy atom. The predicted molar refractivity (Wildman–Crippen MR) is 104 cm³/mol. The minimum Gasteiger partial charge on any atom is -0.0943 e. The molecular formula is C22H19Br. The largest absolute Gasteiger partial charge is 0.0943 e. The van der Waals surface area contributed by atoms with Crippen LogP contribution >= 0.6 is 15.9 Å². The topological polar surface area (TPSA) is 0 Å². The molecule has 0 heterocycles. The molecule has 0 fully saturated rings. The van der Waals surface area contributed by atoms with E-state index in [2.05, 4.69) is 96.2 Å². The van der Waals surface area contributed by atoms with Gasteiger partial charge in [0.15, 0.2) is 0 Å². The molecule has 0 aromatic heterocycles. The second kappa shape index (κ2) is 6.97. The van der Waals surface area contributed by atoms with Gasteiger partial charge in [-0.3, -0.25) is 0 Å². The summed E-state index contributed by atoms with van der Waals surface area (Å²) < 4.78 is 1.10. The highest BCUT2D eigenvalue weighted by Gasteiger charge is 2.20. The van der Waals surface area contributed by atoms with Gasteiger partial charge in [0.05, 0.1) is 0 Å². The van der Waals surface area contributed by atoms with Gasteiger partial charge >= 0.3 is 0 Å². The molecule has 0 amide bonds. The second-order valence-corrected chi connectivity index (χ2v) is 6.62. The maximum Gasteiger partial charge on any atom is 0.0276 e. The SMILES string of the molecule is C=C(c1ccccc1)C1C=CC(Br)=C/C1=C(/C)c1ccccc1. The van der Waals surface area contributed by atoms with Crippen LogP contribution < -0.4 is 0 Å². The molecule has 1 atom stereocenters. The van der Waals surface area contributed by atoms with E-state index in [1.807, 2.05) is 12.1 Å². The van der Waals surface area contributed by atoms with E-state index in [4.69, 9.17) is 0 Å². The lowest BCUT2D eigenvalue weighted by Gasteiger charge is -2.24. The van der Waals surface area contributed by atoms with Crippen molar-refractivity contribution in [2.24, 2.45) is 5.92 Å². The van der Waals surface area contributed by atoms with Crippen molar-refractivity contribution in [2.75, 3.05) is 0 Å². The first-order chi connectivity index (χ1) is 11.2. The van der Waals surface area contributed by atoms with Gasteiger partial charge in [-0.05, 0) is 40.8 Å². The third kappa shape index (κ3) is 3.46. The van der Waals surface area contributed by atoms with E-state index in [0.29, 0.717) is 0 Å². The molecule has 3 rings (SSSR count). The molecule has 114 valence electrons. The third-order valence-electron chi connectivity index (χ3n) is 4.24. The van der Waals surface area contributed by atoms with Crippen LogP contribution in [0.3, 0.4) is 0 Å². The number of rotatable bonds is 3. The van der Waals surface area contributed by atoms with Gasteiger partial charge in [0.25, 0.3) is 0 Å². The van der Waals surface area contributed by atoms with Crippen LogP contribution in [0.1, 0.15) is 18.1 Å². The van der Waals surface area contributed by atoms with Gasteiger partial charge in [-0.1, -0.05) is 95.3 Å². The molecule has 0 saturated carbocycles. The van der Waals surface area contributed by atoms with Crippen LogP contribution in [0, 0.1) is 5.92 Å². The Morgan fingerprint density at radius 2 is 1.48 bits per heavy atom. The molecule has 2 aromatic rings. The number of benzene rings is 2. The van der Waals surface area contributed by atoms with Crippen LogP contribution in [0.4, 0.5) is 0 Å². The van der Waals surface area contributed by atoms with Crippen LogP contribution in [0.25, 0.3) is 11.1 Å². The van der Waals surface area contributed by atoms with Crippen molar-refractivity contribution >= 4 is 27.1 Å². The fourth-order valence-electron chi connectivity index (χ4n) is 2.91. The summed E-state index contributed by atoms with van der Waals surface area (Å²) in [5.41, 5.74) is 6.14. The van der Waals surface area contributed by atoms with Crippen molar-refractivity contribution in [1.29, 1.82) is 0 Å². The monoisotopic (exact) mass is 362 g/mol. The lowest BCUT2D eigenvalue weighted by atomic mass is 9.81. The Balaban J connectivity index is 2.06. The van der Waals surface area contributed by atoms with E-state index in [1.165, 1.54) is 22.3 Å². The van der Waals surface area contributed by atoms with Crippen LogP contribution in [0.15, 0.2) is 95.5 Å². The van der Waals surface area contributed by atoms with Crippen molar-refractivity contribution < 1.29 is 0 Å². The summed E-state index contributed by atoms with van der Waals surface area (Å²) in [4.78, 5) is 0. The smallest absolute Gasteiger partial charge is 0.0276 e. The predicted octanol–water partition coefficient (Wildman–Crippen LogP) is 6.64. The van der Waals surface area contributed by atoms with Crippen LogP contribution in [0.2, 0.25) is 0 Å². The summed E-state index contributed by atoms with van der Waals surface area (Å²) >= 11 is 3.61. The number of halogens is 1. The molecular weight excluding hydrogens is 344 g/mol. The van der Waals surface area contributed by atoms with Gasteiger partial charge in [-0.2, -0.15) is 0 Å². The summed E-state index contributed by atoms with van der Waals surface area (Å²) in [5.74, 6) is 0.193. The van der Waals surface area contributed by atoms with Gasteiger partial charge < -0.3 is 0 Å². The van der Waals surface area contributed by atoms with Crippen molar-refractivity contribution in [1.82, 2.24) is 0 Å². The second-order valence-electron chi connectivity index (χ2n) is 5.70. The lowest BCUT2D eigenvalue weighted by molar-refractivity contribution is 1.02. The van der Waals surface area contributed by atoms with Crippen molar-refractivity contribution in [3.63, 3.8) is 0 Å².